The summed E-state index contributed by atoms with van der Waals surface area (Å²) < 4.78 is 0.967. The molecule has 132 valence electrons. The van der Waals surface area contributed by atoms with Crippen LogP contribution < -0.4 is 11.3 Å². The molecule has 0 atom stereocenters. The molecule has 0 aliphatic carbocycles. The van der Waals surface area contributed by atoms with Crippen molar-refractivity contribution in [1.82, 2.24) is 9.78 Å². The first-order chi connectivity index (χ1) is 13.0. The first-order valence-corrected chi connectivity index (χ1v) is 8.25. The lowest BCUT2D eigenvalue weighted by Crippen LogP contribution is -2.30. The molecule has 27 heavy (non-hydrogen) atoms. The van der Waals surface area contributed by atoms with E-state index in [4.69, 9.17) is 17.3 Å². The van der Waals surface area contributed by atoms with Crippen LogP contribution in [-0.4, -0.2) is 15.7 Å². The Morgan fingerprint density at radius 1 is 1.11 bits per heavy atom. The number of carbonyl (C=O) groups is 1. The average Bonchev–Trinajstić information content (AvgIpc) is 2.67. The van der Waals surface area contributed by atoms with E-state index in [-0.39, 0.29) is 16.8 Å². The summed E-state index contributed by atoms with van der Waals surface area (Å²) in [4.78, 5) is 24.7. The van der Waals surface area contributed by atoms with Gasteiger partial charge in [0.05, 0.1) is 5.69 Å². The second kappa shape index (κ2) is 7.68. The molecule has 7 heteroatoms. The number of carbonyl (C=O) groups excluding carboxylic acids is 1. The maximum absolute atomic E-state index is 12.8. The summed E-state index contributed by atoms with van der Waals surface area (Å²) in [6.45, 7) is 0. The quantitative estimate of drug-likeness (QED) is 0.755. The van der Waals surface area contributed by atoms with Crippen LogP contribution in [0.15, 0.2) is 59.4 Å². The minimum Gasteiger partial charge on any atom is -0.364 e. The number of hydrogen-bond donors (Lipinski definition) is 1. The van der Waals surface area contributed by atoms with E-state index in [0.29, 0.717) is 10.7 Å². The third kappa shape index (κ3) is 3.78. The van der Waals surface area contributed by atoms with Crippen molar-refractivity contribution in [1.29, 1.82) is 5.26 Å². The number of nitriles is 1. The summed E-state index contributed by atoms with van der Waals surface area (Å²) in [6.07, 6.45) is 3.17. The summed E-state index contributed by atoms with van der Waals surface area (Å²) in [7, 11) is 0. The molecule has 6 nitrogen and oxygen atoms in total. The Bertz CT molecular complexity index is 1130. The van der Waals surface area contributed by atoms with E-state index in [1.807, 2.05) is 36.4 Å². The Morgan fingerprint density at radius 2 is 1.78 bits per heavy atom. The Morgan fingerprint density at radius 3 is 2.37 bits per heavy atom. The van der Waals surface area contributed by atoms with Gasteiger partial charge in [-0.1, -0.05) is 54.1 Å². The van der Waals surface area contributed by atoms with Crippen molar-refractivity contribution in [3.05, 3.63) is 92.4 Å². The van der Waals surface area contributed by atoms with Gasteiger partial charge in [0.25, 0.3) is 11.5 Å². The normalized spacial score (nSPS) is 10.7. The molecular formula is C20H13ClN4O2. The monoisotopic (exact) mass is 376 g/mol. The fourth-order valence-electron chi connectivity index (χ4n) is 2.49. The molecule has 0 bridgehead atoms. The van der Waals surface area contributed by atoms with E-state index in [9.17, 15) is 14.9 Å². The van der Waals surface area contributed by atoms with Crippen LogP contribution in [0.2, 0.25) is 5.02 Å². The number of aromatic nitrogens is 2. The Kier molecular flexibility index (Phi) is 5.15. The van der Waals surface area contributed by atoms with E-state index < -0.39 is 11.5 Å². The van der Waals surface area contributed by atoms with Gasteiger partial charge >= 0.3 is 0 Å². The molecule has 0 unspecified atom stereocenters. The van der Waals surface area contributed by atoms with Gasteiger partial charge in [0, 0.05) is 10.6 Å². The van der Waals surface area contributed by atoms with Gasteiger partial charge in [-0.15, -0.1) is 0 Å². The third-order valence-electron chi connectivity index (χ3n) is 3.79. The second-order valence-electron chi connectivity index (χ2n) is 5.55. The molecule has 1 heterocycles. The van der Waals surface area contributed by atoms with Crippen molar-refractivity contribution in [2.45, 2.75) is 0 Å². The highest BCUT2D eigenvalue weighted by atomic mass is 35.5. The van der Waals surface area contributed by atoms with Gasteiger partial charge < -0.3 is 5.73 Å². The molecule has 3 aromatic rings. The summed E-state index contributed by atoms with van der Waals surface area (Å²) in [5, 5.41) is 14.1. The van der Waals surface area contributed by atoms with Crippen molar-refractivity contribution in [3.8, 4) is 11.8 Å². The van der Waals surface area contributed by atoms with Crippen molar-refractivity contribution in [2.24, 2.45) is 5.73 Å². The lowest BCUT2D eigenvalue weighted by Gasteiger charge is -2.10. The summed E-state index contributed by atoms with van der Waals surface area (Å²) >= 11 is 5.86. The lowest BCUT2D eigenvalue weighted by atomic mass is 10.1. The Balaban J connectivity index is 2.22. The first kappa shape index (κ1) is 18.1. The minimum absolute atomic E-state index is 0.0871. The SMILES string of the molecule is N#Cc1c(/C=C/c2ccccc2)c(C(N)=O)nn(-c2ccc(Cl)cc2)c1=O. The highest BCUT2D eigenvalue weighted by molar-refractivity contribution is 6.30. The van der Waals surface area contributed by atoms with Crippen LogP contribution in [0.25, 0.3) is 17.8 Å². The smallest absolute Gasteiger partial charge is 0.290 e. The van der Waals surface area contributed by atoms with Gasteiger partial charge in [-0.25, -0.2) is 0 Å². The van der Waals surface area contributed by atoms with Crippen LogP contribution >= 0.6 is 11.6 Å². The van der Waals surface area contributed by atoms with Crippen molar-refractivity contribution < 1.29 is 4.79 Å². The summed E-state index contributed by atoms with van der Waals surface area (Å²) in [6, 6.07) is 17.4. The van der Waals surface area contributed by atoms with Gasteiger partial charge in [0.2, 0.25) is 0 Å². The number of rotatable bonds is 4. The second-order valence-corrected chi connectivity index (χ2v) is 5.99. The molecule has 0 saturated carbocycles. The molecule has 0 radical (unpaired) electrons. The van der Waals surface area contributed by atoms with Gasteiger partial charge in [0.1, 0.15) is 11.6 Å². The highest BCUT2D eigenvalue weighted by Gasteiger charge is 2.19. The van der Waals surface area contributed by atoms with E-state index in [0.717, 1.165) is 10.2 Å². The summed E-state index contributed by atoms with van der Waals surface area (Å²) in [5.41, 5.74) is 5.68. The third-order valence-corrected chi connectivity index (χ3v) is 4.04. The van der Waals surface area contributed by atoms with Crippen LogP contribution in [-0.2, 0) is 0 Å². The topological polar surface area (TPSA) is 102 Å². The van der Waals surface area contributed by atoms with E-state index in [1.165, 1.54) is 6.08 Å². The number of hydrogen-bond acceptors (Lipinski definition) is 4. The first-order valence-electron chi connectivity index (χ1n) is 7.87. The molecule has 1 aromatic heterocycles. The number of amides is 1. The molecule has 2 aromatic carbocycles. The molecule has 0 aliphatic heterocycles. The van der Waals surface area contributed by atoms with Crippen LogP contribution in [0, 0.1) is 11.3 Å². The van der Waals surface area contributed by atoms with Crippen molar-refractivity contribution in [3.63, 3.8) is 0 Å². The molecule has 0 saturated heterocycles. The number of halogens is 1. The maximum atomic E-state index is 12.8. The fraction of sp³-hybridized carbons (Fsp3) is 0. The lowest BCUT2D eigenvalue weighted by molar-refractivity contribution is 0.0993. The molecule has 3 rings (SSSR count). The highest BCUT2D eigenvalue weighted by Crippen LogP contribution is 2.16. The number of nitrogens with zero attached hydrogens (tertiary/aromatic N) is 3. The number of benzene rings is 2. The van der Waals surface area contributed by atoms with Gasteiger partial charge in [-0.05, 0) is 29.8 Å². The van der Waals surface area contributed by atoms with E-state index >= 15 is 0 Å². The number of primary amides is 1. The molecule has 0 aliphatic rings. The molecule has 0 spiro atoms. The molecular weight excluding hydrogens is 364 g/mol. The Labute approximate surface area is 159 Å². The summed E-state index contributed by atoms with van der Waals surface area (Å²) in [5.74, 6) is -0.845. The molecule has 2 N–H and O–H groups in total. The van der Waals surface area contributed by atoms with Crippen LogP contribution in [0.1, 0.15) is 27.2 Å². The van der Waals surface area contributed by atoms with Gasteiger partial charge in [-0.2, -0.15) is 15.0 Å². The van der Waals surface area contributed by atoms with Crippen LogP contribution in [0.5, 0.6) is 0 Å². The van der Waals surface area contributed by atoms with Crippen molar-refractivity contribution >= 4 is 29.7 Å². The van der Waals surface area contributed by atoms with Crippen LogP contribution in [0.3, 0.4) is 0 Å². The standard InChI is InChI=1S/C20H13ClN4O2/c21-14-7-9-15(10-8-14)25-20(27)17(12-22)16(18(24-25)19(23)26)11-6-13-4-2-1-3-5-13/h1-11H,(H2,23,26)/b11-6+. The van der Waals surface area contributed by atoms with E-state index in [1.54, 1.807) is 30.3 Å². The predicted molar refractivity (Wildman–Crippen MR) is 103 cm³/mol. The van der Waals surface area contributed by atoms with Crippen LogP contribution in [0.4, 0.5) is 0 Å². The average molecular weight is 377 g/mol. The fourth-order valence-corrected chi connectivity index (χ4v) is 2.62. The van der Waals surface area contributed by atoms with Crippen molar-refractivity contribution in [2.75, 3.05) is 0 Å². The maximum Gasteiger partial charge on any atom is 0.290 e. The zero-order valence-electron chi connectivity index (χ0n) is 14.0. The molecule has 1 amide bonds. The van der Waals surface area contributed by atoms with E-state index in [2.05, 4.69) is 5.10 Å². The predicted octanol–water partition coefficient (Wildman–Crippen LogP) is 3.03. The zero-order chi connectivity index (χ0) is 19.4. The number of nitrogens with two attached hydrogens (primary N) is 1. The minimum atomic E-state index is -0.845. The Hall–Kier alpha value is -3.69. The van der Waals surface area contributed by atoms with Gasteiger partial charge in [0.15, 0.2) is 5.69 Å². The zero-order valence-corrected chi connectivity index (χ0v) is 14.7. The molecule has 0 fully saturated rings. The van der Waals surface area contributed by atoms with Gasteiger partial charge in [-0.3, -0.25) is 9.59 Å². The largest absolute Gasteiger partial charge is 0.364 e.